The maximum atomic E-state index is 12.1. The predicted molar refractivity (Wildman–Crippen MR) is 112 cm³/mol. The number of benzene rings is 3. The van der Waals surface area contributed by atoms with Gasteiger partial charge in [0, 0.05) is 13.6 Å². The Labute approximate surface area is 166 Å². The monoisotopic (exact) mass is 374 g/mol. The van der Waals surface area contributed by atoms with Crippen molar-refractivity contribution in [1.29, 1.82) is 0 Å². The Morgan fingerprint density at radius 3 is 2.00 bits per heavy atom. The van der Waals surface area contributed by atoms with E-state index in [2.05, 4.69) is 41.7 Å². The van der Waals surface area contributed by atoms with Crippen molar-refractivity contribution < 1.29 is 9.53 Å². The largest absolute Gasteiger partial charge is 0.492 e. The maximum absolute atomic E-state index is 12.1. The van der Waals surface area contributed by atoms with Crippen LogP contribution in [0.1, 0.15) is 16.7 Å². The van der Waals surface area contributed by atoms with Gasteiger partial charge in [0.1, 0.15) is 12.4 Å². The van der Waals surface area contributed by atoms with Crippen LogP contribution in [-0.2, 0) is 13.0 Å². The molecule has 0 bridgehead atoms. The van der Waals surface area contributed by atoms with Gasteiger partial charge < -0.3 is 15.0 Å². The van der Waals surface area contributed by atoms with Crippen LogP contribution in [0.2, 0.25) is 0 Å². The summed E-state index contributed by atoms with van der Waals surface area (Å²) in [6.07, 6.45) is 0.905. The smallest absolute Gasteiger partial charge is 0.317 e. The molecule has 4 nitrogen and oxygen atoms in total. The molecular weight excluding hydrogens is 348 g/mol. The van der Waals surface area contributed by atoms with E-state index >= 15 is 0 Å². The first-order chi connectivity index (χ1) is 13.7. The molecule has 144 valence electrons. The summed E-state index contributed by atoms with van der Waals surface area (Å²) < 4.78 is 5.85. The number of nitrogens with one attached hydrogen (secondary N) is 1. The van der Waals surface area contributed by atoms with Crippen LogP contribution in [0, 0.1) is 0 Å². The number of rotatable bonds is 8. The molecule has 0 aliphatic carbocycles. The SMILES string of the molecule is CNC(=O)N(CCOc1ccc(Cc2ccccc2)cc1)Cc1ccccc1. The van der Waals surface area contributed by atoms with Gasteiger partial charge in [0.05, 0.1) is 6.54 Å². The Kier molecular flexibility index (Phi) is 7.08. The molecule has 0 saturated heterocycles. The van der Waals surface area contributed by atoms with Crippen molar-refractivity contribution in [3.05, 3.63) is 102 Å². The molecule has 3 aromatic carbocycles. The van der Waals surface area contributed by atoms with E-state index in [1.165, 1.54) is 11.1 Å². The van der Waals surface area contributed by atoms with Gasteiger partial charge in [-0.05, 0) is 35.2 Å². The van der Waals surface area contributed by atoms with Crippen molar-refractivity contribution in [1.82, 2.24) is 10.2 Å². The lowest BCUT2D eigenvalue weighted by Crippen LogP contribution is -2.40. The Morgan fingerprint density at radius 1 is 0.821 bits per heavy atom. The fourth-order valence-electron chi connectivity index (χ4n) is 3.02. The highest BCUT2D eigenvalue weighted by atomic mass is 16.5. The number of hydrogen-bond donors (Lipinski definition) is 1. The molecule has 0 radical (unpaired) electrons. The van der Waals surface area contributed by atoms with E-state index in [4.69, 9.17) is 4.74 Å². The summed E-state index contributed by atoms with van der Waals surface area (Å²) in [5.41, 5.74) is 3.63. The Balaban J connectivity index is 1.51. The second-order valence-corrected chi connectivity index (χ2v) is 6.62. The third-order valence-corrected chi connectivity index (χ3v) is 4.52. The van der Waals surface area contributed by atoms with E-state index in [9.17, 15) is 4.79 Å². The van der Waals surface area contributed by atoms with Crippen LogP contribution in [0.15, 0.2) is 84.9 Å². The van der Waals surface area contributed by atoms with E-state index in [-0.39, 0.29) is 6.03 Å². The van der Waals surface area contributed by atoms with Gasteiger partial charge >= 0.3 is 6.03 Å². The van der Waals surface area contributed by atoms with Gasteiger partial charge in [-0.1, -0.05) is 72.8 Å². The molecule has 3 aromatic rings. The Morgan fingerprint density at radius 2 is 1.39 bits per heavy atom. The molecule has 0 aromatic heterocycles. The topological polar surface area (TPSA) is 41.6 Å². The normalized spacial score (nSPS) is 10.3. The molecule has 0 spiro atoms. The van der Waals surface area contributed by atoms with Gasteiger partial charge in [0.2, 0.25) is 0 Å². The molecule has 2 amide bonds. The predicted octanol–water partition coefficient (Wildman–Crippen LogP) is 4.50. The van der Waals surface area contributed by atoms with E-state index in [0.29, 0.717) is 19.7 Å². The maximum Gasteiger partial charge on any atom is 0.317 e. The number of ether oxygens (including phenoxy) is 1. The summed E-state index contributed by atoms with van der Waals surface area (Å²) in [6, 6.07) is 28.4. The first-order valence-corrected chi connectivity index (χ1v) is 9.51. The summed E-state index contributed by atoms with van der Waals surface area (Å²) in [5.74, 6) is 0.813. The lowest BCUT2D eigenvalue weighted by molar-refractivity contribution is 0.181. The number of carbonyl (C=O) groups is 1. The summed E-state index contributed by atoms with van der Waals surface area (Å²) >= 11 is 0. The third kappa shape index (κ3) is 5.88. The minimum Gasteiger partial charge on any atom is -0.492 e. The van der Waals surface area contributed by atoms with E-state index in [0.717, 1.165) is 17.7 Å². The minimum atomic E-state index is -0.106. The van der Waals surface area contributed by atoms with Gasteiger partial charge in [0.15, 0.2) is 0 Å². The van der Waals surface area contributed by atoms with E-state index in [1.807, 2.05) is 48.5 Å². The van der Waals surface area contributed by atoms with Crippen LogP contribution < -0.4 is 10.1 Å². The zero-order valence-electron chi connectivity index (χ0n) is 16.2. The first-order valence-electron chi connectivity index (χ1n) is 9.51. The number of carbonyl (C=O) groups excluding carboxylic acids is 1. The third-order valence-electron chi connectivity index (χ3n) is 4.52. The molecule has 0 aliphatic rings. The van der Waals surface area contributed by atoms with Crippen LogP contribution in [-0.4, -0.2) is 31.1 Å². The zero-order chi connectivity index (χ0) is 19.6. The van der Waals surface area contributed by atoms with Crippen LogP contribution in [0.3, 0.4) is 0 Å². The van der Waals surface area contributed by atoms with Gasteiger partial charge in [-0.3, -0.25) is 0 Å². The molecule has 3 rings (SSSR count). The lowest BCUT2D eigenvalue weighted by Gasteiger charge is -2.22. The summed E-state index contributed by atoms with van der Waals surface area (Å²) in [6.45, 7) is 1.51. The molecule has 4 heteroatoms. The number of amides is 2. The highest BCUT2D eigenvalue weighted by Crippen LogP contribution is 2.15. The minimum absolute atomic E-state index is 0.106. The van der Waals surface area contributed by atoms with Gasteiger partial charge in [-0.15, -0.1) is 0 Å². The molecule has 0 atom stereocenters. The number of nitrogens with zero attached hydrogens (tertiary/aromatic N) is 1. The summed E-state index contributed by atoms with van der Waals surface area (Å²) in [5, 5.41) is 2.70. The number of hydrogen-bond acceptors (Lipinski definition) is 2. The highest BCUT2D eigenvalue weighted by molar-refractivity contribution is 5.73. The van der Waals surface area contributed by atoms with Crippen molar-refractivity contribution in [2.75, 3.05) is 20.2 Å². The average molecular weight is 374 g/mol. The molecule has 1 N–H and O–H groups in total. The molecular formula is C24H26N2O2. The molecule has 0 fully saturated rings. The molecule has 0 unspecified atom stereocenters. The van der Waals surface area contributed by atoms with Crippen molar-refractivity contribution >= 4 is 6.03 Å². The highest BCUT2D eigenvalue weighted by Gasteiger charge is 2.12. The van der Waals surface area contributed by atoms with Crippen LogP contribution in [0.4, 0.5) is 4.79 Å². The van der Waals surface area contributed by atoms with Crippen LogP contribution >= 0.6 is 0 Å². The molecule has 0 heterocycles. The molecule has 0 saturated carbocycles. The van der Waals surface area contributed by atoms with Crippen molar-refractivity contribution in [3.8, 4) is 5.75 Å². The lowest BCUT2D eigenvalue weighted by atomic mass is 10.1. The average Bonchev–Trinajstić information content (AvgIpc) is 2.75. The Bertz CT molecular complexity index is 849. The fourth-order valence-corrected chi connectivity index (χ4v) is 3.02. The van der Waals surface area contributed by atoms with Gasteiger partial charge in [0.25, 0.3) is 0 Å². The number of urea groups is 1. The fraction of sp³-hybridized carbons (Fsp3) is 0.208. The summed E-state index contributed by atoms with van der Waals surface area (Å²) in [4.78, 5) is 13.9. The molecule has 28 heavy (non-hydrogen) atoms. The zero-order valence-corrected chi connectivity index (χ0v) is 16.2. The first kappa shape index (κ1) is 19.5. The van der Waals surface area contributed by atoms with Crippen LogP contribution in [0.25, 0.3) is 0 Å². The van der Waals surface area contributed by atoms with Crippen molar-refractivity contribution in [3.63, 3.8) is 0 Å². The second kappa shape index (κ2) is 10.2. The second-order valence-electron chi connectivity index (χ2n) is 6.62. The van der Waals surface area contributed by atoms with Gasteiger partial charge in [-0.2, -0.15) is 0 Å². The quantitative estimate of drug-likeness (QED) is 0.631. The van der Waals surface area contributed by atoms with Crippen molar-refractivity contribution in [2.24, 2.45) is 0 Å². The van der Waals surface area contributed by atoms with Crippen LogP contribution in [0.5, 0.6) is 5.75 Å². The van der Waals surface area contributed by atoms with Gasteiger partial charge in [-0.25, -0.2) is 4.79 Å². The van der Waals surface area contributed by atoms with E-state index < -0.39 is 0 Å². The summed E-state index contributed by atoms with van der Waals surface area (Å²) in [7, 11) is 1.65. The Hall–Kier alpha value is -3.27. The standard InChI is InChI=1S/C24H26N2O2/c1-25-24(27)26(19-22-10-6-3-7-11-22)16-17-28-23-14-12-21(13-15-23)18-20-8-4-2-5-9-20/h2-15H,16-19H2,1H3,(H,25,27). The van der Waals surface area contributed by atoms with Crippen molar-refractivity contribution in [2.45, 2.75) is 13.0 Å². The molecule has 0 aliphatic heterocycles. The van der Waals surface area contributed by atoms with E-state index in [1.54, 1.807) is 11.9 Å².